The molecule has 0 aliphatic carbocycles. The molecular formula is C17H16F2N4O. The van der Waals surface area contributed by atoms with Crippen LogP contribution in [0, 0.1) is 11.6 Å². The number of fused-ring (bicyclic) bond motifs is 1. The van der Waals surface area contributed by atoms with Gasteiger partial charge in [0.15, 0.2) is 5.65 Å². The zero-order valence-electron chi connectivity index (χ0n) is 12.9. The van der Waals surface area contributed by atoms with E-state index in [9.17, 15) is 8.78 Å². The second-order valence-electron chi connectivity index (χ2n) is 5.73. The Morgan fingerprint density at radius 3 is 2.67 bits per heavy atom. The van der Waals surface area contributed by atoms with Crippen molar-refractivity contribution in [3.63, 3.8) is 0 Å². The maximum atomic E-state index is 14.3. The van der Waals surface area contributed by atoms with Crippen LogP contribution < -0.4 is 10.6 Å². The molecule has 1 saturated heterocycles. The topological polar surface area (TPSA) is 55.8 Å². The van der Waals surface area contributed by atoms with E-state index in [4.69, 9.17) is 10.5 Å². The molecule has 2 aromatic heterocycles. The minimum Gasteiger partial charge on any atom is -0.396 e. The van der Waals surface area contributed by atoms with Crippen LogP contribution in [0.1, 0.15) is 0 Å². The third kappa shape index (κ3) is 2.46. The maximum Gasteiger partial charge on any atom is 0.160 e. The number of nitrogens with zero attached hydrogens (tertiary/aromatic N) is 3. The number of ether oxygens (including phenoxy) is 1. The number of nitrogen functional groups attached to an aromatic ring is 1. The first-order valence-electron chi connectivity index (χ1n) is 7.68. The van der Waals surface area contributed by atoms with Crippen LogP contribution in [0.3, 0.4) is 0 Å². The number of anilines is 2. The van der Waals surface area contributed by atoms with Crippen LogP contribution >= 0.6 is 0 Å². The van der Waals surface area contributed by atoms with Gasteiger partial charge in [0.05, 0.1) is 24.6 Å². The predicted molar refractivity (Wildman–Crippen MR) is 88.0 cm³/mol. The van der Waals surface area contributed by atoms with Crippen molar-refractivity contribution in [2.75, 3.05) is 36.9 Å². The van der Waals surface area contributed by atoms with Crippen LogP contribution in [0.25, 0.3) is 16.8 Å². The van der Waals surface area contributed by atoms with Gasteiger partial charge < -0.3 is 19.8 Å². The number of nitrogens with two attached hydrogens (primary N) is 1. The Hall–Kier alpha value is -2.67. The molecule has 1 aliphatic rings. The lowest BCUT2D eigenvalue weighted by Gasteiger charge is -2.29. The Labute approximate surface area is 137 Å². The van der Waals surface area contributed by atoms with Crippen molar-refractivity contribution in [3.8, 4) is 11.1 Å². The van der Waals surface area contributed by atoms with Gasteiger partial charge in [0.1, 0.15) is 11.6 Å². The van der Waals surface area contributed by atoms with Gasteiger partial charge in [-0.25, -0.2) is 13.8 Å². The summed E-state index contributed by atoms with van der Waals surface area (Å²) in [6.45, 7) is 2.74. The molecule has 0 radical (unpaired) electrons. The van der Waals surface area contributed by atoms with Gasteiger partial charge in [0, 0.05) is 48.9 Å². The van der Waals surface area contributed by atoms with E-state index in [1.807, 2.05) is 10.5 Å². The Morgan fingerprint density at radius 1 is 1.08 bits per heavy atom. The lowest BCUT2D eigenvalue weighted by atomic mass is 10.0. The molecule has 0 amide bonds. The summed E-state index contributed by atoms with van der Waals surface area (Å²) in [7, 11) is 0. The number of hydrogen-bond acceptors (Lipinski definition) is 4. The van der Waals surface area contributed by atoms with Crippen LogP contribution in [0.2, 0.25) is 0 Å². The fraction of sp³-hybridized carbons (Fsp3) is 0.235. The lowest BCUT2D eigenvalue weighted by molar-refractivity contribution is 0.123. The first-order chi connectivity index (χ1) is 11.6. The second-order valence-corrected chi connectivity index (χ2v) is 5.73. The first kappa shape index (κ1) is 14.9. The zero-order chi connectivity index (χ0) is 16.7. The molecule has 0 saturated carbocycles. The Bertz CT molecular complexity index is 903. The Balaban J connectivity index is 1.89. The standard InChI is InChI=1S/C17H16F2N4O/c18-13-9-14(19)15(20)8-12(13)11-7-16(22-3-5-24-6-4-22)17-21-1-2-23(17)10-11/h1-2,7-10H,3-6,20H2. The van der Waals surface area contributed by atoms with Gasteiger partial charge in [-0.1, -0.05) is 0 Å². The number of halogens is 2. The van der Waals surface area contributed by atoms with Crippen LogP contribution in [-0.4, -0.2) is 35.7 Å². The van der Waals surface area contributed by atoms with Gasteiger partial charge in [0.25, 0.3) is 0 Å². The molecule has 1 fully saturated rings. The summed E-state index contributed by atoms with van der Waals surface area (Å²) in [5.74, 6) is -1.40. The van der Waals surface area contributed by atoms with E-state index in [2.05, 4.69) is 9.88 Å². The number of pyridine rings is 1. The highest BCUT2D eigenvalue weighted by Gasteiger charge is 2.18. The molecule has 3 heterocycles. The third-order valence-corrected chi connectivity index (χ3v) is 4.22. The van der Waals surface area contributed by atoms with Gasteiger partial charge in [-0.3, -0.25) is 0 Å². The number of imidazole rings is 1. The van der Waals surface area contributed by atoms with E-state index in [0.29, 0.717) is 18.8 Å². The molecule has 1 aromatic carbocycles. The van der Waals surface area contributed by atoms with Gasteiger partial charge in [-0.05, 0) is 12.1 Å². The summed E-state index contributed by atoms with van der Waals surface area (Å²) < 4.78 is 34.9. The van der Waals surface area contributed by atoms with Crippen molar-refractivity contribution in [1.82, 2.24) is 9.38 Å². The van der Waals surface area contributed by atoms with Crippen molar-refractivity contribution in [2.45, 2.75) is 0 Å². The lowest BCUT2D eigenvalue weighted by Crippen LogP contribution is -2.36. The molecule has 124 valence electrons. The molecule has 0 unspecified atom stereocenters. The van der Waals surface area contributed by atoms with Crippen molar-refractivity contribution in [3.05, 3.63) is 48.4 Å². The quantitative estimate of drug-likeness (QED) is 0.734. The highest BCUT2D eigenvalue weighted by Crippen LogP contribution is 2.32. The minimum absolute atomic E-state index is 0.0787. The predicted octanol–water partition coefficient (Wildman–Crippen LogP) is 2.70. The van der Waals surface area contributed by atoms with Crippen LogP contribution in [0.5, 0.6) is 0 Å². The summed E-state index contributed by atoms with van der Waals surface area (Å²) in [5, 5.41) is 0. The van der Waals surface area contributed by atoms with Gasteiger partial charge in [-0.2, -0.15) is 0 Å². The Morgan fingerprint density at radius 2 is 1.88 bits per heavy atom. The molecular weight excluding hydrogens is 314 g/mol. The highest BCUT2D eigenvalue weighted by molar-refractivity contribution is 5.78. The van der Waals surface area contributed by atoms with Crippen LogP contribution in [0.4, 0.5) is 20.2 Å². The monoisotopic (exact) mass is 330 g/mol. The average molecular weight is 330 g/mol. The minimum atomic E-state index is -0.756. The molecule has 1 aliphatic heterocycles. The normalized spacial score (nSPS) is 15.2. The van der Waals surface area contributed by atoms with Crippen molar-refractivity contribution in [1.29, 1.82) is 0 Å². The van der Waals surface area contributed by atoms with Crippen molar-refractivity contribution < 1.29 is 13.5 Å². The maximum absolute atomic E-state index is 14.3. The molecule has 5 nitrogen and oxygen atoms in total. The van der Waals surface area contributed by atoms with E-state index in [-0.39, 0.29) is 11.3 Å². The van der Waals surface area contributed by atoms with Crippen molar-refractivity contribution in [2.24, 2.45) is 0 Å². The number of hydrogen-bond donors (Lipinski definition) is 1. The molecule has 24 heavy (non-hydrogen) atoms. The SMILES string of the molecule is Nc1cc(-c2cc(N3CCOCC3)c3nccn3c2)c(F)cc1F. The van der Waals surface area contributed by atoms with E-state index in [0.717, 1.165) is 30.5 Å². The Kier molecular flexibility index (Phi) is 3.57. The van der Waals surface area contributed by atoms with E-state index in [1.54, 1.807) is 18.6 Å². The van der Waals surface area contributed by atoms with Gasteiger partial charge >= 0.3 is 0 Å². The highest BCUT2D eigenvalue weighted by atomic mass is 19.1. The molecule has 0 spiro atoms. The number of morpholine rings is 1. The smallest absolute Gasteiger partial charge is 0.160 e. The largest absolute Gasteiger partial charge is 0.396 e. The summed E-state index contributed by atoms with van der Waals surface area (Å²) in [6.07, 6.45) is 5.26. The number of aromatic nitrogens is 2. The van der Waals surface area contributed by atoms with Gasteiger partial charge in [0.2, 0.25) is 0 Å². The fourth-order valence-corrected chi connectivity index (χ4v) is 2.99. The first-order valence-corrected chi connectivity index (χ1v) is 7.68. The summed E-state index contributed by atoms with van der Waals surface area (Å²) in [6, 6.07) is 4.01. The summed E-state index contributed by atoms with van der Waals surface area (Å²) in [5.41, 5.74) is 8.09. The third-order valence-electron chi connectivity index (χ3n) is 4.22. The van der Waals surface area contributed by atoms with Gasteiger partial charge in [-0.15, -0.1) is 0 Å². The zero-order valence-corrected chi connectivity index (χ0v) is 12.9. The van der Waals surface area contributed by atoms with Crippen LogP contribution in [-0.2, 0) is 4.74 Å². The van der Waals surface area contributed by atoms with Crippen molar-refractivity contribution >= 4 is 17.0 Å². The van der Waals surface area contributed by atoms with E-state index >= 15 is 0 Å². The van der Waals surface area contributed by atoms with E-state index in [1.165, 1.54) is 6.07 Å². The fourth-order valence-electron chi connectivity index (χ4n) is 2.99. The molecule has 7 heteroatoms. The molecule has 0 atom stereocenters. The molecule has 2 N–H and O–H groups in total. The van der Waals surface area contributed by atoms with E-state index < -0.39 is 11.6 Å². The summed E-state index contributed by atoms with van der Waals surface area (Å²) >= 11 is 0. The molecule has 3 aromatic rings. The molecule has 0 bridgehead atoms. The number of benzene rings is 1. The molecule has 4 rings (SSSR count). The van der Waals surface area contributed by atoms with Crippen LogP contribution in [0.15, 0.2) is 36.8 Å². The average Bonchev–Trinajstić information content (AvgIpc) is 3.06. The number of rotatable bonds is 2. The second kappa shape index (κ2) is 5.76. The summed E-state index contributed by atoms with van der Waals surface area (Å²) in [4.78, 5) is 6.54.